The number of nitrogen functional groups attached to an aromatic ring is 1. The molecule has 5 rings (SSSR count). The van der Waals surface area contributed by atoms with Crippen LogP contribution in [0.1, 0.15) is 41.2 Å². The van der Waals surface area contributed by atoms with Crippen molar-refractivity contribution in [3.05, 3.63) is 33.3 Å². The number of anilines is 1. The predicted molar refractivity (Wildman–Crippen MR) is 173 cm³/mol. The molecule has 0 radical (unpaired) electrons. The third kappa shape index (κ3) is 6.11. The smallest absolute Gasteiger partial charge is 0.350 e. The molecule has 1 aromatic carbocycles. The number of rotatable bonds is 12. The monoisotopic (exact) mass is 753 g/mol. The van der Waals surface area contributed by atoms with Crippen molar-refractivity contribution in [3.8, 4) is 11.5 Å². The fourth-order valence-corrected chi connectivity index (χ4v) is 7.94. The molecule has 22 heteroatoms. The van der Waals surface area contributed by atoms with E-state index in [1.165, 1.54) is 18.7 Å². The molecular weight excluding hydrogens is 726 g/mol. The number of phenols is 2. The zero-order valence-corrected chi connectivity index (χ0v) is 28.6. The standard InChI is InChI=1S/C28H28ClN7O12S2/c1-10-16(31-25(30)49-10)17(33-48-27(2,3)23(43)44)14(38)8-12-21(42)34-9-28(24(45)46,50-22(12)34)35-6-7-36(26(35)47)32-20(41)18(39)11-4-5-13(37)19(40)15(11)29/h4-5,12,22,37,40H,6-9H2,1-3H3,(H2,30,31)(H,32,41)(H,43,44)(H,45,46)/b33-17+/t12-,22-,28-/m1/s1. The lowest BCUT2D eigenvalue weighted by atomic mass is 9.90. The number of benzene rings is 1. The second-order valence-electron chi connectivity index (χ2n) is 11.8. The van der Waals surface area contributed by atoms with E-state index in [9.17, 15) is 54.0 Å². The molecule has 7 N–H and O–H groups in total. The normalized spacial score (nSPS) is 21.9. The molecule has 0 unspecified atom stereocenters. The number of carbonyl (C=O) groups is 7. The molecule has 4 amide bonds. The van der Waals surface area contributed by atoms with E-state index >= 15 is 0 Å². The number of carbonyl (C=O) groups excluding carboxylic acids is 5. The molecule has 3 saturated heterocycles. The number of fused-ring (bicyclic) bond motifs is 1. The Kier molecular flexibility index (Phi) is 9.36. The Labute approximate surface area is 294 Å². The molecule has 3 aliphatic heterocycles. The van der Waals surface area contributed by atoms with Crippen molar-refractivity contribution >= 4 is 86.9 Å². The maximum Gasteiger partial charge on any atom is 0.350 e. The topological polar surface area (TPSA) is 283 Å². The van der Waals surface area contributed by atoms with Gasteiger partial charge in [-0.25, -0.2) is 24.4 Å². The number of amides is 4. The van der Waals surface area contributed by atoms with Crippen molar-refractivity contribution in [2.45, 2.75) is 43.0 Å². The predicted octanol–water partition coefficient (Wildman–Crippen LogP) is 0.605. The Morgan fingerprint density at radius 2 is 1.86 bits per heavy atom. The SMILES string of the molecule is Cc1sc(N)nc1/C(=N/OC(C)(C)C(=O)O)C(=O)C[C@@H]1C(=O)N2C[C@@](C(=O)O)(N3CCN(NC(=O)C(=O)c4ccc(O)c(O)c4Cl)C3=O)S[C@H]12. The molecule has 19 nitrogen and oxygen atoms in total. The number of nitrogens with one attached hydrogen (secondary N) is 1. The van der Waals surface area contributed by atoms with E-state index in [0.29, 0.717) is 9.89 Å². The second kappa shape index (κ2) is 12.9. The average Bonchev–Trinajstić information content (AvgIpc) is 3.71. The number of hydrazine groups is 1. The van der Waals surface area contributed by atoms with E-state index < -0.39 is 98.2 Å². The fraction of sp³-hybridized carbons (Fsp3) is 0.393. The summed E-state index contributed by atoms with van der Waals surface area (Å²) in [6.45, 7) is 3.04. The lowest BCUT2D eigenvalue weighted by molar-refractivity contribution is -0.161. The quantitative estimate of drug-likeness (QED) is 0.0432. The second-order valence-corrected chi connectivity index (χ2v) is 14.8. The van der Waals surface area contributed by atoms with Crippen LogP contribution in [0.4, 0.5) is 9.93 Å². The number of thiazole rings is 1. The van der Waals surface area contributed by atoms with Crippen molar-refractivity contribution in [3.63, 3.8) is 0 Å². The lowest BCUT2D eigenvalue weighted by Gasteiger charge is -2.40. The summed E-state index contributed by atoms with van der Waals surface area (Å²) in [6, 6.07) is 0.912. The van der Waals surface area contributed by atoms with Crippen molar-refractivity contribution in [1.29, 1.82) is 0 Å². The minimum Gasteiger partial charge on any atom is -0.504 e. The molecule has 1 aromatic heterocycles. The first-order valence-electron chi connectivity index (χ1n) is 14.4. The van der Waals surface area contributed by atoms with Gasteiger partial charge in [-0.1, -0.05) is 28.5 Å². The largest absolute Gasteiger partial charge is 0.504 e. The number of Topliss-reactive ketones (excluding diaryl/α,β-unsaturated/α-hetero) is 2. The van der Waals surface area contributed by atoms with Crippen LogP contribution in [-0.4, -0.2) is 123 Å². The number of β-lactam (4-membered cyclic amide) rings is 1. The van der Waals surface area contributed by atoms with E-state index in [1.807, 2.05) is 0 Å². The lowest BCUT2D eigenvalue weighted by Crippen LogP contribution is -2.60. The van der Waals surface area contributed by atoms with Gasteiger partial charge in [0.2, 0.25) is 16.4 Å². The van der Waals surface area contributed by atoms with Crippen molar-refractivity contribution in [2.75, 3.05) is 25.4 Å². The van der Waals surface area contributed by atoms with Gasteiger partial charge >= 0.3 is 23.9 Å². The summed E-state index contributed by atoms with van der Waals surface area (Å²) in [7, 11) is 0. The Morgan fingerprint density at radius 3 is 2.46 bits per heavy atom. The maximum atomic E-state index is 13.6. The van der Waals surface area contributed by atoms with Crippen LogP contribution in [0.3, 0.4) is 0 Å². The number of aliphatic carboxylic acids is 2. The summed E-state index contributed by atoms with van der Waals surface area (Å²) in [6.07, 6.45) is -0.497. The van der Waals surface area contributed by atoms with Crippen molar-refractivity contribution in [1.82, 2.24) is 25.2 Å². The summed E-state index contributed by atoms with van der Waals surface area (Å²) in [5, 5.41) is 42.2. The highest BCUT2D eigenvalue weighted by atomic mass is 35.5. The zero-order chi connectivity index (χ0) is 37.0. The minimum atomic E-state index is -2.05. The molecular formula is C28H28ClN7O12S2. The van der Waals surface area contributed by atoms with E-state index in [1.54, 1.807) is 6.92 Å². The Balaban J connectivity index is 1.32. The number of carboxylic acids is 2. The molecule has 50 heavy (non-hydrogen) atoms. The summed E-state index contributed by atoms with van der Waals surface area (Å²) < 4.78 is 0. The fourth-order valence-electron chi connectivity index (χ4n) is 5.31. The number of urea groups is 1. The van der Waals surface area contributed by atoms with Gasteiger partial charge < -0.3 is 35.9 Å². The van der Waals surface area contributed by atoms with Crippen LogP contribution in [0, 0.1) is 12.8 Å². The number of hydrogen-bond acceptors (Lipinski definition) is 15. The van der Waals surface area contributed by atoms with Crippen molar-refractivity contribution < 1.29 is 58.8 Å². The summed E-state index contributed by atoms with van der Waals surface area (Å²) in [5.41, 5.74) is 5.21. The Hall–Kier alpha value is -5.15. The van der Waals surface area contributed by atoms with Gasteiger partial charge in [0.05, 0.1) is 35.0 Å². The molecule has 3 fully saturated rings. The molecule has 266 valence electrons. The average molecular weight is 754 g/mol. The van der Waals surface area contributed by atoms with Crippen molar-refractivity contribution in [2.24, 2.45) is 11.1 Å². The van der Waals surface area contributed by atoms with Crippen LogP contribution in [0.15, 0.2) is 17.3 Å². The number of aromatic nitrogens is 1. The van der Waals surface area contributed by atoms with Crippen LogP contribution < -0.4 is 11.2 Å². The number of phenolic OH excluding ortho intramolecular Hbond substituents is 2. The zero-order valence-electron chi connectivity index (χ0n) is 26.2. The highest BCUT2D eigenvalue weighted by Crippen LogP contribution is 2.53. The third-order valence-corrected chi connectivity index (χ3v) is 11.0. The van der Waals surface area contributed by atoms with E-state index in [4.69, 9.17) is 22.2 Å². The number of aryl methyl sites for hydroxylation is 1. The molecule has 3 atom stereocenters. The summed E-state index contributed by atoms with van der Waals surface area (Å²) >= 11 is 7.65. The number of halogens is 1. The van der Waals surface area contributed by atoms with Crippen LogP contribution in [0.5, 0.6) is 11.5 Å². The molecule has 0 bridgehead atoms. The molecule has 2 aromatic rings. The number of oxime groups is 1. The number of aromatic hydroxyl groups is 2. The molecule has 0 saturated carbocycles. The number of hydrogen-bond donors (Lipinski definition) is 6. The molecule has 0 spiro atoms. The summed E-state index contributed by atoms with van der Waals surface area (Å²) in [5.74, 6) is -9.36. The number of thioether (sulfide) groups is 1. The first kappa shape index (κ1) is 36.1. The van der Waals surface area contributed by atoms with Crippen LogP contribution in [0.2, 0.25) is 5.02 Å². The van der Waals surface area contributed by atoms with Gasteiger partial charge in [-0.2, -0.15) is 0 Å². The number of ketones is 2. The van der Waals surface area contributed by atoms with Gasteiger partial charge in [-0.3, -0.25) is 29.5 Å². The third-order valence-electron chi connectivity index (χ3n) is 8.10. The van der Waals surface area contributed by atoms with Gasteiger partial charge in [-0.05, 0) is 32.9 Å². The maximum absolute atomic E-state index is 13.6. The first-order chi connectivity index (χ1) is 23.3. The Bertz CT molecular complexity index is 1900. The van der Waals surface area contributed by atoms with Crippen LogP contribution in [-0.2, 0) is 28.8 Å². The highest BCUT2D eigenvalue weighted by molar-refractivity contribution is 8.02. The van der Waals surface area contributed by atoms with Gasteiger partial charge in [0.1, 0.15) is 5.69 Å². The van der Waals surface area contributed by atoms with Crippen LogP contribution in [0.25, 0.3) is 0 Å². The van der Waals surface area contributed by atoms with Gasteiger partial charge in [0.15, 0.2) is 28.1 Å². The van der Waals surface area contributed by atoms with E-state index in [2.05, 4.69) is 15.6 Å². The van der Waals surface area contributed by atoms with Gasteiger partial charge in [-0.15, -0.1) is 11.3 Å². The Morgan fingerprint density at radius 1 is 1.18 bits per heavy atom. The van der Waals surface area contributed by atoms with Crippen LogP contribution >= 0.6 is 34.7 Å². The number of carboxylic acid groups (broad SMARTS) is 2. The molecule has 4 heterocycles. The van der Waals surface area contributed by atoms with E-state index in [0.717, 1.165) is 40.1 Å². The van der Waals surface area contributed by atoms with Gasteiger partial charge in [0, 0.05) is 17.8 Å². The van der Waals surface area contributed by atoms with Gasteiger partial charge in [0.25, 0.3) is 5.78 Å². The van der Waals surface area contributed by atoms with E-state index in [-0.39, 0.29) is 29.6 Å². The number of nitrogens with zero attached hydrogens (tertiary/aromatic N) is 5. The summed E-state index contributed by atoms with van der Waals surface area (Å²) in [4.78, 5) is 99.8. The highest BCUT2D eigenvalue weighted by Gasteiger charge is 2.66. The molecule has 0 aliphatic carbocycles. The first-order valence-corrected chi connectivity index (χ1v) is 16.5. The number of nitrogens with two attached hydrogens (primary N) is 1. The minimum absolute atomic E-state index is 0.0223. The molecule has 3 aliphatic rings.